The van der Waals surface area contributed by atoms with Crippen molar-refractivity contribution >= 4 is 27.5 Å². The monoisotopic (exact) mass is 350 g/mol. The first-order chi connectivity index (χ1) is 8.58. The molecule has 0 aromatic rings. The van der Waals surface area contributed by atoms with Crippen molar-refractivity contribution < 1.29 is 10.2 Å². The molecule has 2 N–H and O–H groups in total. The van der Waals surface area contributed by atoms with Gasteiger partial charge in [-0.3, -0.25) is 0 Å². The molecule has 19 heavy (non-hydrogen) atoms. The first-order valence-corrected chi connectivity index (χ1v) is 7.88. The highest BCUT2D eigenvalue weighted by molar-refractivity contribution is 9.10. The van der Waals surface area contributed by atoms with Crippen molar-refractivity contribution in [2.75, 3.05) is 0 Å². The normalized spacial score (nSPS) is 36.8. The second-order valence-corrected chi connectivity index (χ2v) is 8.32. The van der Waals surface area contributed by atoms with Crippen LogP contribution >= 0.6 is 27.5 Å². The topological polar surface area (TPSA) is 40.5 Å². The second-order valence-electron chi connectivity index (χ2n) is 5.99. The van der Waals surface area contributed by atoms with Gasteiger partial charge in [0.15, 0.2) is 0 Å². The van der Waals surface area contributed by atoms with E-state index in [0.717, 1.165) is 17.6 Å². The minimum atomic E-state index is -0.908. The Balaban J connectivity index is 2.59. The summed E-state index contributed by atoms with van der Waals surface area (Å²) in [4.78, 5) is 0. The molecule has 0 bridgehead atoms. The van der Waals surface area contributed by atoms with Crippen LogP contribution in [0.5, 0.6) is 0 Å². The van der Waals surface area contributed by atoms with E-state index in [9.17, 15) is 10.2 Å². The molecule has 1 saturated carbocycles. The summed E-state index contributed by atoms with van der Waals surface area (Å²) in [5, 5.41) is 20.3. The molecule has 4 heteroatoms. The summed E-state index contributed by atoms with van der Waals surface area (Å²) in [6.07, 6.45) is 2.57. The highest BCUT2D eigenvalue weighted by Crippen LogP contribution is 2.46. The molecule has 2 nitrogen and oxygen atoms in total. The smallest absolute Gasteiger partial charge is 0.0869 e. The first-order valence-electron chi connectivity index (χ1n) is 6.65. The molecule has 0 aromatic heterocycles. The van der Waals surface area contributed by atoms with Crippen molar-refractivity contribution in [3.8, 4) is 0 Å². The molecule has 1 aliphatic rings. The molecule has 1 aliphatic carbocycles. The molecule has 4 atom stereocenters. The molecule has 0 spiro atoms. The Kier molecular flexibility index (Phi) is 5.71. The zero-order chi connectivity index (χ0) is 14.8. The Morgan fingerprint density at radius 3 is 2.53 bits per heavy atom. The van der Waals surface area contributed by atoms with E-state index >= 15 is 0 Å². The number of hydrogen-bond acceptors (Lipinski definition) is 2. The molecule has 1 fully saturated rings. The van der Waals surface area contributed by atoms with Crippen LogP contribution in [0.15, 0.2) is 24.3 Å². The minimum Gasteiger partial charge on any atom is -0.389 e. The van der Waals surface area contributed by atoms with Gasteiger partial charge in [0.25, 0.3) is 0 Å². The maximum Gasteiger partial charge on any atom is 0.0869 e. The lowest BCUT2D eigenvalue weighted by Crippen LogP contribution is -2.46. The lowest BCUT2D eigenvalue weighted by molar-refractivity contribution is 0.0306. The summed E-state index contributed by atoms with van der Waals surface area (Å²) < 4.78 is -0.127. The van der Waals surface area contributed by atoms with Gasteiger partial charge in [-0.2, -0.15) is 0 Å². The summed E-state index contributed by atoms with van der Waals surface area (Å²) in [5.74, 6) is 0. The maximum absolute atomic E-state index is 10.7. The van der Waals surface area contributed by atoms with Crippen LogP contribution in [0, 0.1) is 0 Å². The van der Waals surface area contributed by atoms with Crippen molar-refractivity contribution in [3.05, 3.63) is 24.3 Å². The Hall–Kier alpha value is 0.170. The van der Waals surface area contributed by atoms with E-state index in [1.165, 1.54) is 0 Å². The maximum atomic E-state index is 10.7. The number of alkyl halides is 2. The van der Waals surface area contributed by atoms with E-state index in [1.807, 2.05) is 0 Å². The van der Waals surface area contributed by atoms with Crippen molar-refractivity contribution in [2.24, 2.45) is 0 Å². The molecule has 0 amide bonds. The standard InChI is InChI=1S/C15H24BrClO2/c1-10(2)12(18)6-5-11(3)15(19)8-7-14(4,16)13(17)9-15/h12-13,18-19H,1,3,5-9H2,2,4H3/t12-,13-,14-,15+/m1/s1. The Bertz CT molecular complexity index is 367. The third-order valence-corrected chi connectivity index (χ3v) is 5.99. The lowest BCUT2D eigenvalue weighted by atomic mass is 9.74. The van der Waals surface area contributed by atoms with E-state index in [2.05, 4.69) is 36.0 Å². The van der Waals surface area contributed by atoms with E-state index < -0.39 is 11.7 Å². The zero-order valence-corrected chi connectivity index (χ0v) is 14.1. The molecule has 0 unspecified atom stereocenters. The van der Waals surface area contributed by atoms with Crippen LogP contribution in [0.1, 0.15) is 46.0 Å². The highest BCUT2D eigenvalue weighted by Gasteiger charge is 2.45. The molecule has 1 rings (SSSR count). The van der Waals surface area contributed by atoms with Gasteiger partial charge in [0.05, 0.1) is 17.1 Å². The fourth-order valence-electron chi connectivity index (χ4n) is 2.33. The predicted octanol–water partition coefficient (Wildman–Crippen LogP) is 3.94. The molecule has 0 radical (unpaired) electrons. The Labute approximate surface area is 129 Å². The summed E-state index contributed by atoms with van der Waals surface area (Å²) in [6.45, 7) is 11.6. The van der Waals surface area contributed by atoms with Crippen LogP contribution in [-0.2, 0) is 0 Å². The molecular weight excluding hydrogens is 328 g/mol. The van der Waals surface area contributed by atoms with Crippen LogP contribution in [0.2, 0.25) is 0 Å². The third kappa shape index (κ3) is 4.32. The Morgan fingerprint density at radius 2 is 2.05 bits per heavy atom. The molecular formula is C15H24BrClO2. The highest BCUT2D eigenvalue weighted by atomic mass is 79.9. The summed E-state index contributed by atoms with van der Waals surface area (Å²) >= 11 is 9.95. The summed E-state index contributed by atoms with van der Waals surface area (Å²) in [5.41, 5.74) is 0.599. The van der Waals surface area contributed by atoms with Gasteiger partial charge in [0.1, 0.15) is 0 Å². The summed E-state index contributed by atoms with van der Waals surface area (Å²) in [6, 6.07) is 0. The molecule has 0 aliphatic heterocycles. The summed E-state index contributed by atoms with van der Waals surface area (Å²) in [7, 11) is 0. The largest absolute Gasteiger partial charge is 0.389 e. The van der Waals surface area contributed by atoms with Gasteiger partial charge >= 0.3 is 0 Å². The fourth-order valence-corrected chi connectivity index (χ4v) is 3.05. The minimum absolute atomic E-state index is 0.127. The number of aliphatic hydroxyl groups excluding tert-OH is 1. The zero-order valence-electron chi connectivity index (χ0n) is 11.8. The van der Waals surface area contributed by atoms with Crippen LogP contribution < -0.4 is 0 Å². The van der Waals surface area contributed by atoms with Crippen LogP contribution in [0.3, 0.4) is 0 Å². The van der Waals surface area contributed by atoms with E-state index in [0.29, 0.717) is 25.7 Å². The number of halogens is 2. The second kappa shape index (κ2) is 6.30. The predicted molar refractivity (Wildman–Crippen MR) is 85.0 cm³/mol. The SMILES string of the molecule is C=C(C)[C@H](O)CCC(=C)[C@]1(O)CC[C@@](C)(Br)[C@H](Cl)C1. The number of aliphatic hydroxyl groups is 2. The van der Waals surface area contributed by atoms with Crippen LogP contribution in [-0.4, -0.2) is 31.6 Å². The van der Waals surface area contributed by atoms with Crippen LogP contribution in [0.4, 0.5) is 0 Å². The average molecular weight is 352 g/mol. The fraction of sp³-hybridized carbons (Fsp3) is 0.733. The van der Waals surface area contributed by atoms with E-state index in [1.54, 1.807) is 6.92 Å². The van der Waals surface area contributed by atoms with Crippen molar-refractivity contribution in [1.29, 1.82) is 0 Å². The third-order valence-electron chi connectivity index (χ3n) is 4.14. The van der Waals surface area contributed by atoms with Gasteiger partial charge in [-0.25, -0.2) is 0 Å². The van der Waals surface area contributed by atoms with Gasteiger partial charge in [0.2, 0.25) is 0 Å². The molecule has 0 aromatic carbocycles. The van der Waals surface area contributed by atoms with Crippen LogP contribution in [0.25, 0.3) is 0 Å². The van der Waals surface area contributed by atoms with Crippen molar-refractivity contribution in [3.63, 3.8) is 0 Å². The first kappa shape index (κ1) is 17.2. The van der Waals surface area contributed by atoms with Crippen molar-refractivity contribution in [2.45, 2.75) is 67.4 Å². The van der Waals surface area contributed by atoms with Gasteiger partial charge in [-0.15, -0.1) is 11.6 Å². The number of rotatable bonds is 5. The molecule has 110 valence electrons. The van der Waals surface area contributed by atoms with E-state index in [4.69, 9.17) is 11.6 Å². The Morgan fingerprint density at radius 1 is 1.47 bits per heavy atom. The average Bonchev–Trinajstić information content (AvgIpc) is 2.31. The van der Waals surface area contributed by atoms with Gasteiger partial charge in [0, 0.05) is 4.32 Å². The molecule has 0 heterocycles. The van der Waals surface area contributed by atoms with Gasteiger partial charge in [-0.05, 0) is 51.5 Å². The van der Waals surface area contributed by atoms with Crippen molar-refractivity contribution in [1.82, 2.24) is 0 Å². The van der Waals surface area contributed by atoms with Gasteiger partial charge in [-0.1, -0.05) is 34.7 Å². The molecule has 0 saturated heterocycles. The van der Waals surface area contributed by atoms with Gasteiger partial charge < -0.3 is 10.2 Å². The number of hydrogen-bond donors (Lipinski definition) is 2. The quantitative estimate of drug-likeness (QED) is 0.582. The lowest BCUT2D eigenvalue weighted by Gasteiger charge is -2.43. The van der Waals surface area contributed by atoms with E-state index in [-0.39, 0.29) is 9.70 Å².